The van der Waals surface area contributed by atoms with E-state index in [1.54, 1.807) is 0 Å². The van der Waals surface area contributed by atoms with E-state index in [-0.39, 0.29) is 24.0 Å². The molecule has 0 amide bonds. The number of halogens is 1. The Balaban J connectivity index is 0. The van der Waals surface area contributed by atoms with Gasteiger partial charge in [0.25, 0.3) is 0 Å². The van der Waals surface area contributed by atoms with Crippen LogP contribution in [0.4, 0.5) is 0 Å². The minimum atomic E-state index is 0. The average Bonchev–Trinajstić information content (AvgIpc) is 2.28. The third-order valence-corrected chi connectivity index (χ3v) is 2.85. The summed E-state index contributed by atoms with van der Waals surface area (Å²) in [5, 5.41) is 3.11. The zero-order chi connectivity index (χ0) is 14.8. The van der Waals surface area contributed by atoms with E-state index in [0.29, 0.717) is 30.5 Å². The number of hydrogen-bond acceptors (Lipinski definition) is 2. The summed E-state index contributed by atoms with van der Waals surface area (Å²) in [6, 6.07) is 0.641. The van der Waals surface area contributed by atoms with Gasteiger partial charge in [-0.25, -0.2) is 0 Å². The molecule has 3 N–H and O–H groups in total. The lowest BCUT2D eigenvalue weighted by molar-refractivity contribution is 0.195. The number of aliphatic imine (C=N–C) groups is 1. The molecule has 5 heteroatoms. The monoisotopic (exact) mass is 394 g/mol. The molecular weight excluding hydrogens is 363 g/mol. The molecule has 0 aromatic heterocycles. The molecule has 0 aromatic rings. The Labute approximate surface area is 141 Å². The summed E-state index contributed by atoms with van der Waals surface area (Å²) in [5.74, 6) is 1.01. The number of nitrogens with one attached hydrogen (secondary N) is 1. The van der Waals surface area contributed by atoms with Gasteiger partial charge in [0.2, 0.25) is 0 Å². The van der Waals surface area contributed by atoms with Crippen molar-refractivity contribution in [1.29, 1.82) is 0 Å². The Morgan fingerprint density at radius 3 is 2.05 bits per heavy atom. The van der Waals surface area contributed by atoms with Crippen LogP contribution >= 0.6 is 24.0 Å². The number of guanidine groups is 1. The summed E-state index contributed by atoms with van der Waals surface area (Å²) in [6.45, 7) is 18.5. The summed E-state index contributed by atoms with van der Waals surface area (Å²) in [4.78, 5) is 6.76. The molecule has 0 aliphatic carbocycles. The third kappa shape index (κ3) is 9.36. The Morgan fingerprint density at radius 1 is 1.20 bits per heavy atom. The molecule has 0 saturated carbocycles. The van der Waals surface area contributed by atoms with Gasteiger partial charge in [0.1, 0.15) is 0 Å². The van der Waals surface area contributed by atoms with Crippen molar-refractivity contribution in [3.63, 3.8) is 0 Å². The van der Waals surface area contributed by atoms with E-state index in [4.69, 9.17) is 5.73 Å². The van der Waals surface area contributed by atoms with Crippen LogP contribution in [0.5, 0.6) is 0 Å². The second kappa shape index (κ2) is 12.2. The first-order valence-corrected chi connectivity index (χ1v) is 6.94. The van der Waals surface area contributed by atoms with Gasteiger partial charge in [-0.05, 0) is 19.8 Å². The van der Waals surface area contributed by atoms with Crippen LogP contribution in [-0.4, -0.2) is 42.6 Å². The van der Waals surface area contributed by atoms with Crippen LogP contribution in [0.15, 0.2) is 30.3 Å². The fourth-order valence-electron chi connectivity index (χ4n) is 1.96. The first kappa shape index (κ1) is 21.7. The summed E-state index contributed by atoms with van der Waals surface area (Å²) in [5.41, 5.74) is 5.85. The van der Waals surface area contributed by atoms with Crippen LogP contribution in [0.2, 0.25) is 0 Å². The second-order valence-corrected chi connectivity index (χ2v) is 5.37. The summed E-state index contributed by atoms with van der Waals surface area (Å²) >= 11 is 0. The van der Waals surface area contributed by atoms with Crippen molar-refractivity contribution in [2.75, 3.05) is 19.6 Å². The summed E-state index contributed by atoms with van der Waals surface area (Å²) in [6.07, 6.45) is 3.83. The van der Waals surface area contributed by atoms with Gasteiger partial charge in [-0.1, -0.05) is 26.0 Å². The molecule has 0 spiro atoms. The zero-order valence-electron chi connectivity index (χ0n) is 13.3. The highest BCUT2D eigenvalue weighted by atomic mass is 127. The van der Waals surface area contributed by atoms with E-state index < -0.39 is 0 Å². The highest BCUT2D eigenvalue weighted by Gasteiger charge is 2.19. The zero-order valence-corrected chi connectivity index (χ0v) is 15.6. The van der Waals surface area contributed by atoms with Crippen molar-refractivity contribution < 1.29 is 0 Å². The van der Waals surface area contributed by atoms with Crippen LogP contribution in [0.25, 0.3) is 0 Å². The van der Waals surface area contributed by atoms with Crippen molar-refractivity contribution in [2.24, 2.45) is 16.6 Å². The highest BCUT2D eigenvalue weighted by Crippen LogP contribution is 2.11. The lowest BCUT2D eigenvalue weighted by atomic mass is 10.0. The Hall–Kier alpha value is -0.560. The van der Waals surface area contributed by atoms with Crippen molar-refractivity contribution >= 4 is 29.9 Å². The molecule has 0 rings (SSSR count). The van der Waals surface area contributed by atoms with Crippen molar-refractivity contribution in [3.05, 3.63) is 25.3 Å². The SMILES string of the molecule is C=CCN(CC=C)C(CN=C(N)NC(C)C)C(C)C.I. The molecule has 118 valence electrons. The molecule has 0 fully saturated rings. The fourth-order valence-corrected chi connectivity index (χ4v) is 1.96. The van der Waals surface area contributed by atoms with Gasteiger partial charge in [-0.15, -0.1) is 37.1 Å². The summed E-state index contributed by atoms with van der Waals surface area (Å²) in [7, 11) is 0. The molecule has 0 radical (unpaired) electrons. The van der Waals surface area contributed by atoms with Gasteiger partial charge in [-0.2, -0.15) is 0 Å². The van der Waals surface area contributed by atoms with E-state index in [0.717, 1.165) is 13.1 Å². The van der Waals surface area contributed by atoms with Gasteiger partial charge < -0.3 is 11.1 Å². The minimum Gasteiger partial charge on any atom is -0.370 e. The van der Waals surface area contributed by atoms with Gasteiger partial charge in [-0.3, -0.25) is 9.89 Å². The molecule has 0 aromatic carbocycles. The predicted octanol–water partition coefficient (Wildman–Crippen LogP) is 2.62. The molecule has 0 heterocycles. The molecule has 1 atom stereocenters. The average molecular weight is 394 g/mol. The lowest BCUT2D eigenvalue weighted by Crippen LogP contribution is -2.43. The van der Waals surface area contributed by atoms with Crippen LogP contribution in [-0.2, 0) is 0 Å². The van der Waals surface area contributed by atoms with E-state index in [2.05, 4.69) is 42.2 Å². The predicted molar refractivity (Wildman–Crippen MR) is 101 cm³/mol. The van der Waals surface area contributed by atoms with Gasteiger partial charge in [0, 0.05) is 25.2 Å². The quantitative estimate of drug-likeness (QED) is 0.274. The smallest absolute Gasteiger partial charge is 0.188 e. The molecule has 1 unspecified atom stereocenters. The summed E-state index contributed by atoms with van der Waals surface area (Å²) < 4.78 is 0. The molecule has 0 saturated heterocycles. The maximum Gasteiger partial charge on any atom is 0.188 e. The number of hydrogen-bond donors (Lipinski definition) is 2. The first-order valence-electron chi connectivity index (χ1n) is 6.94. The lowest BCUT2D eigenvalue weighted by Gasteiger charge is -2.31. The van der Waals surface area contributed by atoms with E-state index in [1.165, 1.54) is 0 Å². The van der Waals surface area contributed by atoms with E-state index in [1.807, 2.05) is 26.0 Å². The maximum absolute atomic E-state index is 5.85. The minimum absolute atomic E-state index is 0. The van der Waals surface area contributed by atoms with Crippen molar-refractivity contribution in [3.8, 4) is 0 Å². The Kier molecular flexibility index (Phi) is 13.3. The van der Waals surface area contributed by atoms with Crippen LogP contribution < -0.4 is 11.1 Å². The van der Waals surface area contributed by atoms with Gasteiger partial charge in [0.05, 0.1) is 6.54 Å². The topological polar surface area (TPSA) is 53.6 Å². The highest BCUT2D eigenvalue weighted by molar-refractivity contribution is 14.0. The third-order valence-electron chi connectivity index (χ3n) is 2.85. The number of rotatable bonds is 9. The molecule has 0 aliphatic rings. The fraction of sp³-hybridized carbons (Fsp3) is 0.667. The molecular formula is C15H31IN4. The van der Waals surface area contributed by atoms with Crippen LogP contribution in [0, 0.1) is 5.92 Å². The van der Waals surface area contributed by atoms with Crippen molar-refractivity contribution in [1.82, 2.24) is 10.2 Å². The Bertz CT molecular complexity index is 290. The maximum atomic E-state index is 5.85. The Morgan fingerprint density at radius 2 is 1.70 bits per heavy atom. The molecule has 0 bridgehead atoms. The first-order chi connectivity index (χ1) is 8.92. The largest absolute Gasteiger partial charge is 0.370 e. The standard InChI is InChI=1S/C15H30N4.HI/c1-7-9-19(10-8-2)14(12(3)4)11-17-15(16)18-13(5)6;/h7-8,12-14H,1-2,9-11H2,3-6H3,(H3,16,17,18);1H. The molecule has 0 aliphatic heterocycles. The van der Waals surface area contributed by atoms with Gasteiger partial charge >= 0.3 is 0 Å². The molecule has 20 heavy (non-hydrogen) atoms. The normalized spacial score (nSPS) is 13.2. The van der Waals surface area contributed by atoms with E-state index >= 15 is 0 Å². The van der Waals surface area contributed by atoms with Gasteiger partial charge in [0.15, 0.2) is 5.96 Å². The molecule has 4 nitrogen and oxygen atoms in total. The number of nitrogens with zero attached hydrogens (tertiary/aromatic N) is 2. The van der Waals surface area contributed by atoms with Crippen LogP contribution in [0.3, 0.4) is 0 Å². The van der Waals surface area contributed by atoms with Crippen LogP contribution in [0.1, 0.15) is 27.7 Å². The van der Waals surface area contributed by atoms with E-state index in [9.17, 15) is 0 Å². The number of nitrogens with two attached hydrogens (primary N) is 1. The van der Waals surface area contributed by atoms with Crippen molar-refractivity contribution in [2.45, 2.75) is 39.8 Å². The second-order valence-electron chi connectivity index (χ2n) is 5.37.